The summed E-state index contributed by atoms with van der Waals surface area (Å²) in [5.41, 5.74) is 1.49. The van der Waals surface area contributed by atoms with Crippen molar-refractivity contribution in [3.05, 3.63) is 45.0 Å². The van der Waals surface area contributed by atoms with E-state index in [4.69, 9.17) is 11.6 Å². The molecule has 0 spiro atoms. The second-order valence-electron chi connectivity index (χ2n) is 4.14. The van der Waals surface area contributed by atoms with Gasteiger partial charge >= 0.3 is 0 Å². The van der Waals surface area contributed by atoms with Crippen LogP contribution in [-0.4, -0.2) is 16.1 Å². The largest absolute Gasteiger partial charge is 0.305 e. The average molecular weight is 343 g/mol. The van der Waals surface area contributed by atoms with Crippen molar-refractivity contribution in [2.75, 3.05) is 5.32 Å². The maximum atomic E-state index is 12.0. The molecule has 0 saturated carbocycles. The van der Waals surface area contributed by atoms with E-state index in [1.54, 1.807) is 18.2 Å². The molecule has 0 atom stereocenters. The number of carbonyl (C=O) groups is 1. The van der Waals surface area contributed by atoms with Crippen LogP contribution in [0.2, 0.25) is 5.02 Å². The number of aromatic amines is 1. The van der Waals surface area contributed by atoms with Crippen LogP contribution in [0.4, 0.5) is 5.82 Å². The number of anilines is 1. The molecule has 0 aliphatic heterocycles. The Hall–Kier alpha value is -1.33. The molecule has 2 N–H and O–H groups in total. The summed E-state index contributed by atoms with van der Waals surface area (Å²) in [5.74, 6) is 0.280. The van der Waals surface area contributed by atoms with Gasteiger partial charge in [-0.3, -0.25) is 9.89 Å². The van der Waals surface area contributed by atoms with Gasteiger partial charge in [-0.15, -0.1) is 0 Å². The summed E-state index contributed by atoms with van der Waals surface area (Å²) in [6, 6.07) is 6.88. The lowest BCUT2D eigenvalue weighted by atomic mass is 10.2. The molecule has 1 aromatic heterocycles. The molecular weight excluding hydrogens is 330 g/mol. The Balaban J connectivity index is 2.11. The fourth-order valence-electron chi connectivity index (χ4n) is 1.70. The lowest BCUT2D eigenvalue weighted by molar-refractivity contribution is 0.102. The number of hydrogen-bond donors (Lipinski definition) is 2. The number of nitrogens with zero attached hydrogens (tertiary/aromatic N) is 1. The molecule has 1 amide bonds. The van der Waals surface area contributed by atoms with E-state index in [-0.39, 0.29) is 5.91 Å². The number of carbonyl (C=O) groups excluding carboxylic acids is 1. The topological polar surface area (TPSA) is 57.8 Å². The number of benzene rings is 1. The van der Waals surface area contributed by atoms with Gasteiger partial charge in [-0.1, -0.05) is 40.9 Å². The smallest absolute Gasteiger partial charge is 0.256 e. The fourth-order valence-corrected chi connectivity index (χ4v) is 2.56. The van der Waals surface area contributed by atoms with Gasteiger partial charge in [-0.25, -0.2) is 0 Å². The maximum Gasteiger partial charge on any atom is 0.256 e. The Labute approximate surface area is 124 Å². The van der Waals surface area contributed by atoms with E-state index in [0.29, 0.717) is 16.4 Å². The Bertz CT molecular complexity index is 577. The van der Waals surface area contributed by atoms with Gasteiger partial charge in [0.25, 0.3) is 5.91 Å². The summed E-state index contributed by atoms with van der Waals surface area (Å²) < 4.78 is 0.763. The van der Waals surface area contributed by atoms with Gasteiger partial charge in [0.05, 0.1) is 0 Å². The SMILES string of the molecule is CCCc1cc(NC(=O)c2cc(Cl)cc(Br)c2)n[nH]1. The highest BCUT2D eigenvalue weighted by Gasteiger charge is 2.10. The summed E-state index contributed by atoms with van der Waals surface area (Å²) in [5, 5.41) is 10.2. The molecule has 2 rings (SSSR count). The third-order valence-corrected chi connectivity index (χ3v) is 3.19. The first-order valence-electron chi connectivity index (χ1n) is 5.90. The minimum Gasteiger partial charge on any atom is -0.305 e. The standard InChI is InChI=1S/C13H13BrClN3O/c1-2-3-11-7-12(18-17-11)16-13(19)8-4-9(14)6-10(15)5-8/h4-7H,2-3H2,1H3,(H2,16,17,18,19). The Morgan fingerprint density at radius 2 is 2.21 bits per heavy atom. The summed E-state index contributed by atoms with van der Waals surface area (Å²) in [6.45, 7) is 2.09. The fraction of sp³-hybridized carbons (Fsp3) is 0.231. The predicted molar refractivity (Wildman–Crippen MR) is 79.7 cm³/mol. The van der Waals surface area contributed by atoms with Crippen molar-refractivity contribution < 1.29 is 4.79 Å². The first-order chi connectivity index (χ1) is 9.08. The quantitative estimate of drug-likeness (QED) is 0.881. The van der Waals surface area contributed by atoms with Gasteiger partial charge in [0.2, 0.25) is 0 Å². The first kappa shape index (κ1) is 14.1. The van der Waals surface area contributed by atoms with Crippen LogP contribution in [0.3, 0.4) is 0 Å². The average Bonchev–Trinajstić information content (AvgIpc) is 2.76. The van der Waals surface area contributed by atoms with E-state index in [0.717, 1.165) is 23.0 Å². The van der Waals surface area contributed by atoms with E-state index in [1.807, 2.05) is 6.07 Å². The Morgan fingerprint density at radius 3 is 2.89 bits per heavy atom. The molecule has 0 bridgehead atoms. The molecule has 100 valence electrons. The highest BCUT2D eigenvalue weighted by Crippen LogP contribution is 2.20. The second-order valence-corrected chi connectivity index (χ2v) is 5.49. The zero-order chi connectivity index (χ0) is 13.8. The zero-order valence-corrected chi connectivity index (χ0v) is 12.7. The summed E-state index contributed by atoms with van der Waals surface area (Å²) >= 11 is 9.22. The van der Waals surface area contributed by atoms with Gasteiger partial charge < -0.3 is 5.32 Å². The van der Waals surface area contributed by atoms with E-state index in [9.17, 15) is 4.79 Å². The van der Waals surface area contributed by atoms with Gasteiger partial charge in [-0.05, 0) is 24.6 Å². The van der Waals surface area contributed by atoms with Crippen LogP contribution >= 0.6 is 27.5 Å². The number of halogens is 2. The van der Waals surface area contributed by atoms with Crippen LogP contribution in [-0.2, 0) is 6.42 Å². The number of rotatable bonds is 4. The minimum absolute atomic E-state index is 0.238. The first-order valence-corrected chi connectivity index (χ1v) is 7.07. The van der Waals surface area contributed by atoms with E-state index < -0.39 is 0 Å². The van der Waals surface area contributed by atoms with Crippen LogP contribution in [0.5, 0.6) is 0 Å². The zero-order valence-electron chi connectivity index (χ0n) is 10.3. The van der Waals surface area contributed by atoms with Crippen LogP contribution < -0.4 is 5.32 Å². The van der Waals surface area contributed by atoms with Crippen molar-refractivity contribution >= 4 is 39.3 Å². The van der Waals surface area contributed by atoms with Crippen molar-refractivity contribution in [3.8, 4) is 0 Å². The molecule has 19 heavy (non-hydrogen) atoms. The third-order valence-electron chi connectivity index (χ3n) is 2.52. The summed E-state index contributed by atoms with van der Waals surface area (Å²) in [7, 11) is 0. The number of amides is 1. The molecule has 0 saturated heterocycles. The molecule has 2 aromatic rings. The second kappa shape index (κ2) is 6.21. The molecule has 0 unspecified atom stereocenters. The van der Waals surface area contributed by atoms with Gasteiger partial charge in [0, 0.05) is 26.8 Å². The van der Waals surface area contributed by atoms with Crippen molar-refractivity contribution in [1.29, 1.82) is 0 Å². The molecule has 1 heterocycles. The summed E-state index contributed by atoms with van der Waals surface area (Å²) in [4.78, 5) is 12.0. The molecule has 0 aliphatic carbocycles. The molecule has 6 heteroatoms. The van der Waals surface area contributed by atoms with Crippen LogP contribution in [0.15, 0.2) is 28.7 Å². The monoisotopic (exact) mass is 341 g/mol. The van der Waals surface area contributed by atoms with Crippen LogP contribution in [0.1, 0.15) is 29.4 Å². The number of hydrogen-bond acceptors (Lipinski definition) is 2. The van der Waals surface area contributed by atoms with Crippen LogP contribution in [0.25, 0.3) is 0 Å². The molecule has 0 radical (unpaired) electrons. The maximum absolute atomic E-state index is 12.0. The molecule has 0 aliphatic rings. The van der Waals surface area contributed by atoms with E-state index in [2.05, 4.69) is 38.4 Å². The number of nitrogens with one attached hydrogen (secondary N) is 2. The van der Waals surface area contributed by atoms with Crippen LogP contribution in [0, 0.1) is 0 Å². The Kier molecular flexibility index (Phi) is 4.61. The number of H-pyrrole nitrogens is 1. The van der Waals surface area contributed by atoms with E-state index in [1.165, 1.54) is 0 Å². The molecule has 4 nitrogen and oxygen atoms in total. The normalized spacial score (nSPS) is 10.5. The highest BCUT2D eigenvalue weighted by molar-refractivity contribution is 9.10. The number of aromatic nitrogens is 2. The van der Waals surface area contributed by atoms with Gasteiger partial charge in [-0.2, -0.15) is 5.10 Å². The lowest BCUT2D eigenvalue weighted by Crippen LogP contribution is -2.12. The molecular formula is C13H13BrClN3O. The van der Waals surface area contributed by atoms with E-state index >= 15 is 0 Å². The highest BCUT2D eigenvalue weighted by atomic mass is 79.9. The lowest BCUT2D eigenvalue weighted by Gasteiger charge is -2.03. The van der Waals surface area contributed by atoms with Gasteiger partial charge in [0.15, 0.2) is 5.82 Å². The minimum atomic E-state index is -0.238. The van der Waals surface area contributed by atoms with Crippen molar-refractivity contribution in [2.24, 2.45) is 0 Å². The van der Waals surface area contributed by atoms with Crippen molar-refractivity contribution in [3.63, 3.8) is 0 Å². The Morgan fingerprint density at radius 1 is 1.42 bits per heavy atom. The number of aryl methyl sites for hydroxylation is 1. The molecule has 1 aromatic carbocycles. The van der Waals surface area contributed by atoms with Crippen molar-refractivity contribution in [1.82, 2.24) is 10.2 Å². The van der Waals surface area contributed by atoms with Crippen molar-refractivity contribution in [2.45, 2.75) is 19.8 Å². The third kappa shape index (κ3) is 3.81. The predicted octanol–water partition coefficient (Wildman–Crippen LogP) is 4.03. The van der Waals surface area contributed by atoms with Gasteiger partial charge in [0.1, 0.15) is 0 Å². The summed E-state index contributed by atoms with van der Waals surface area (Å²) in [6.07, 6.45) is 1.93. The molecule has 0 fully saturated rings.